The molecule has 4 aromatic rings. The largest absolute Gasteiger partial charge is 0.416 e. The third-order valence-corrected chi connectivity index (χ3v) is 6.22. The number of carbonyl (C=O) groups is 1. The average Bonchev–Trinajstić information content (AvgIpc) is 2.88. The molecule has 5 nitrogen and oxygen atoms in total. The molecule has 9 heteroatoms. The van der Waals surface area contributed by atoms with Gasteiger partial charge in [-0.05, 0) is 61.2 Å². The summed E-state index contributed by atoms with van der Waals surface area (Å²) < 4.78 is 38.9. The highest BCUT2D eigenvalue weighted by Gasteiger charge is 2.30. The number of hydrogen-bond acceptors (Lipinski definition) is 5. The molecule has 0 radical (unpaired) electrons. The van der Waals surface area contributed by atoms with E-state index >= 15 is 0 Å². The van der Waals surface area contributed by atoms with Crippen molar-refractivity contribution in [2.24, 2.45) is 0 Å². The smallest absolute Gasteiger partial charge is 0.362 e. The fourth-order valence-corrected chi connectivity index (χ4v) is 3.98. The molecule has 0 bridgehead atoms. The Balaban J connectivity index is 1.46. The van der Waals surface area contributed by atoms with E-state index in [-0.39, 0.29) is 11.6 Å². The molecule has 0 fully saturated rings. The first kappa shape index (κ1) is 25.2. The molecule has 2 N–H and O–H groups in total. The van der Waals surface area contributed by atoms with E-state index in [0.29, 0.717) is 11.5 Å². The van der Waals surface area contributed by atoms with Crippen molar-refractivity contribution >= 4 is 29.2 Å². The Morgan fingerprint density at radius 1 is 0.972 bits per heavy atom. The third kappa shape index (κ3) is 6.23. The van der Waals surface area contributed by atoms with E-state index in [0.717, 1.165) is 33.8 Å². The zero-order valence-electron chi connectivity index (χ0n) is 19.5. The van der Waals surface area contributed by atoms with Crippen LogP contribution in [0.3, 0.4) is 0 Å². The van der Waals surface area contributed by atoms with Gasteiger partial charge in [-0.3, -0.25) is 9.78 Å². The van der Waals surface area contributed by atoms with Crippen LogP contribution >= 0.6 is 11.8 Å². The van der Waals surface area contributed by atoms with Crippen LogP contribution in [0.2, 0.25) is 0 Å². The Morgan fingerprint density at radius 2 is 1.72 bits per heavy atom. The zero-order valence-corrected chi connectivity index (χ0v) is 20.3. The number of anilines is 2. The van der Waals surface area contributed by atoms with E-state index in [1.54, 1.807) is 42.4 Å². The van der Waals surface area contributed by atoms with E-state index in [4.69, 9.17) is 0 Å². The second kappa shape index (κ2) is 10.8. The lowest BCUT2D eigenvalue weighted by Crippen LogP contribution is -2.14. The van der Waals surface area contributed by atoms with E-state index in [1.807, 2.05) is 43.5 Å². The van der Waals surface area contributed by atoms with Gasteiger partial charge < -0.3 is 10.6 Å². The summed E-state index contributed by atoms with van der Waals surface area (Å²) in [5, 5.41) is 5.98. The Hall–Kier alpha value is -3.85. The van der Waals surface area contributed by atoms with Crippen LogP contribution in [0.4, 0.5) is 24.7 Å². The molecule has 0 spiro atoms. The normalized spacial score (nSPS) is 12.1. The number of amides is 1. The quantitative estimate of drug-likeness (QED) is 0.256. The fourth-order valence-electron chi connectivity index (χ4n) is 3.57. The standard InChI is InChI=1S/C27H23F3N4OS/c1-17(32-25-16-31-15-24(34-25)18-9-11-23(36-2)12-10-18)19-5-4-8-22(14-19)33-26(35)20-6-3-7-21(13-20)27(28,29)30/h3-17H,1-2H3,(H,32,34)(H,33,35). The van der Waals surface area contributed by atoms with Gasteiger partial charge in [-0.15, -0.1) is 11.8 Å². The molecule has 1 atom stereocenters. The minimum Gasteiger partial charge on any atom is -0.362 e. The van der Waals surface area contributed by atoms with Crippen LogP contribution in [0.15, 0.2) is 90.1 Å². The van der Waals surface area contributed by atoms with Gasteiger partial charge in [0.2, 0.25) is 0 Å². The monoisotopic (exact) mass is 508 g/mol. The summed E-state index contributed by atoms with van der Waals surface area (Å²) in [5.41, 5.74) is 2.08. The number of alkyl halides is 3. The van der Waals surface area contributed by atoms with Crippen LogP contribution in [0, 0.1) is 0 Å². The van der Waals surface area contributed by atoms with Crippen LogP contribution in [-0.2, 0) is 6.18 Å². The van der Waals surface area contributed by atoms with Gasteiger partial charge in [0.15, 0.2) is 0 Å². The number of thioether (sulfide) groups is 1. The lowest BCUT2D eigenvalue weighted by atomic mass is 10.1. The summed E-state index contributed by atoms with van der Waals surface area (Å²) in [6.07, 6.45) is 0.839. The Morgan fingerprint density at radius 3 is 2.44 bits per heavy atom. The van der Waals surface area contributed by atoms with Gasteiger partial charge in [-0.1, -0.05) is 30.3 Å². The Labute approximate surface area is 211 Å². The van der Waals surface area contributed by atoms with Crippen molar-refractivity contribution in [2.45, 2.75) is 24.0 Å². The fraction of sp³-hybridized carbons (Fsp3) is 0.148. The number of hydrogen-bond donors (Lipinski definition) is 2. The molecule has 0 saturated carbocycles. The highest BCUT2D eigenvalue weighted by atomic mass is 32.2. The summed E-state index contributed by atoms with van der Waals surface area (Å²) in [6.45, 7) is 1.94. The first-order chi connectivity index (χ1) is 17.2. The van der Waals surface area contributed by atoms with Gasteiger partial charge >= 0.3 is 6.18 Å². The summed E-state index contributed by atoms with van der Waals surface area (Å²) in [4.78, 5) is 22.7. The van der Waals surface area contributed by atoms with Crippen molar-refractivity contribution in [3.05, 3.63) is 102 Å². The van der Waals surface area contributed by atoms with Crippen LogP contribution < -0.4 is 10.6 Å². The molecular formula is C27H23F3N4OS. The highest BCUT2D eigenvalue weighted by molar-refractivity contribution is 7.98. The molecular weight excluding hydrogens is 485 g/mol. The minimum absolute atomic E-state index is 0.0703. The molecule has 0 aliphatic rings. The minimum atomic E-state index is -4.52. The maximum absolute atomic E-state index is 13.0. The van der Waals surface area contributed by atoms with Crippen LogP contribution in [0.5, 0.6) is 0 Å². The van der Waals surface area contributed by atoms with Crippen molar-refractivity contribution in [3.63, 3.8) is 0 Å². The van der Waals surface area contributed by atoms with Gasteiger partial charge in [0.25, 0.3) is 5.91 Å². The Kier molecular flexibility index (Phi) is 7.59. The molecule has 184 valence electrons. The van der Waals surface area contributed by atoms with Gasteiger partial charge in [-0.2, -0.15) is 13.2 Å². The lowest BCUT2D eigenvalue weighted by molar-refractivity contribution is -0.137. The molecule has 0 saturated heterocycles. The summed E-state index contributed by atoms with van der Waals surface area (Å²) in [5.74, 6) is -0.0303. The van der Waals surface area contributed by atoms with E-state index in [2.05, 4.69) is 20.6 Å². The number of aromatic nitrogens is 2. The molecule has 1 heterocycles. The second-order valence-corrected chi connectivity index (χ2v) is 8.92. The highest BCUT2D eigenvalue weighted by Crippen LogP contribution is 2.30. The number of nitrogens with one attached hydrogen (secondary N) is 2. The van der Waals surface area contributed by atoms with Crippen LogP contribution in [0.1, 0.15) is 34.5 Å². The maximum Gasteiger partial charge on any atom is 0.416 e. The number of halogens is 3. The SMILES string of the molecule is CSc1ccc(-c2cncc(NC(C)c3cccc(NC(=O)c4cccc(C(F)(F)F)c4)c3)n2)cc1. The first-order valence-corrected chi connectivity index (χ1v) is 12.3. The van der Waals surface area contributed by atoms with Crippen molar-refractivity contribution in [3.8, 4) is 11.3 Å². The Bertz CT molecular complexity index is 1360. The van der Waals surface area contributed by atoms with Crippen LogP contribution in [0.25, 0.3) is 11.3 Å². The second-order valence-electron chi connectivity index (χ2n) is 8.04. The molecule has 1 amide bonds. The molecule has 1 unspecified atom stereocenters. The molecule has 36 heavy (non-hydrogen) atoms. The predicted octanol–water partition coefficient (Wildman–Crippen LogP) is 7.31. The van der Waals surface area contributed by atoms with Gasteiger partial charge in [0.1, 0.15) is 5.82 Å². The molecule has 3 aromatic carbocycles. The topological polar surface area (TPSA) is 66.9 Å². The van der Waals surface area contributed by atoms with E-state index in [9.17, 15) is 18.0 Å². The summed E-state index contributed by atoms with van der Waals surface area (Å²) in [6, 6.07) is 19.3. The van der Waals surface area contributed by atoms with E-state index < -0.39 is 17.6 Å². The zero-order chi connectivity index (χ0) is 25.7. The van der Waals surface area contributed by atoms with Gasteiger partial charge in [-0.25, -0.2) is 4.98 Å². The van der Waals surface area contributed by atoms with Crippen molar-refractivity contribution < 1.29 is 18.0 Å². The average molecular weight is 509 g/mol. The molecule has 1 aromatic heterocycles. The molecule has 0 aliphatic heterocycles. The molecule has 4 rings (SSSR count). The number of nitrogens with zero attached hydrogens (tertiary/aromatic N) is 2. The summed E-state index contributed by atoms with van der Waals surface area (Å²) >= 11 is 1.67. The molecule has 0 aliphatic carbocycles. The summed E-state index contributed by atoms with van der Waals surface area (Å²) in [7, 11) is 0. The number of carbonyl (C=O) groups excluding carboxylic acids is 1. The van der Waals surface area contributed by atoms with Crippen molar-refractivity contribution in [2.75, 3.05) is 16.9 Å². The van der Waals surface area contributed by atoms with E-state index in [1.165, 1.54) is 12.1 Å². The van der Waals surface area contributed by atoms with Gasteiger partial charge in [0.05, 0.1) is 29.7 Å². The van der Waals surface area contributed by atoms with Crippen molar-refractivity contribution in [1.82, 2.24) is 9.97 Å². The van der Waals surface area contributed by atoms with Crippen molar-refractivity contribution in [1.29, 1.82) is 0 Å². The number of benzene rings is 3. The van der Waals surface area contributed by atoms with Gasteiger partial charge in [0, 0.05) is 21.7 Å². The number of rotatable bonds is 7. The third-order valence-electron chi connectivity index (χ3n) is 5.48. The van der Waals surface area contributed by atoms with Crippen LogP contribution in [-0.4, -0.2) is 22.1 Å². The maximum atomic E-state index is 13.0. The lowest BCUT2D eigenvalue weighted by Gasteiger charge is -2.17. The predicted molar refractivity (Wildman–Crippen MR) is 137 cm³/mol. The first-order valence-electron chi connectivity index (χ1n) is 11.0.